The number of hydrogen-bond donors (Lipinski definition) is 3. The number of ether oxygens (including phenoxy) is 1. The molecule has 0 spiro atoms. The van der Waals surface area contributed by atoms with Crippen LogP contribution in [-0.4, -0.2) is 47.4 Å². The van der Waals surface area contributed by atoms with Crippen LogP contribution in [0.25, 0.3) is 0 Å². The van der Waals surface area contributed by atoms with Gasteiger partial charge in [0.2, 0.25) is 5.91 Å². The summed E-state index contributed by atoms with van der Waals surface area (Å²) in [6, 6.07) is -0.537. The van der Waals surface area contributed by atoms with Crippen molar-refractivity contribution in [3.05, 3.63) is 0 Å². The Bertz CT molecular complexity index is 1340. The van der Waals surface area contributed by atoms with E-state index in [-0.39, 0.29) is 18.5 Å². The first-order chi connectivity index (χ1) is 45.0. The van der Waals surface area contributed by atoms with Crippen molar-refractivity contribution < 1.29 is 24.5 Å². The molecule has 91 heavy (non-hydrogen) atoms. The van der Waals surface area contributed by atoms with Gasteiger partial charge in [0, 0.05) is 12.8 Å². The Balaban J connectivity index is 3.28. The fourth-order valence-corrected chi connectivity index (χ4v) is 14.2. The SMILES string of the molecule is CCCCCCCCCCCCCCCCCCCCCCC(O)C(CO)NC(=O)CCCCCCCCCCCCCCCCCCCCCCCCCCCCCCCCCCCCCCCCCOC(=O)CCCCCCCCCCCCCCCCC. The third kappa shape index (κ3) is 77.7. The summed E-state index contributed by atoms with van der Waals surface area (Å²) in [5, 5.41) is 23.5. The summed E-state index contributed by atoms with van der Waals surface area (Å²) in [6.45, 7) is 5.03. The van der Waals surface area contributed by atoms with Crippen LogP contribution in [0.4, 0.5) is 0 Å². The predicted octanol–water partition coefficient (Wildman–Crippen LogP) is 28.4. The molecule has 0 heterocycles. The largest absolute Gasteiger partial charge is 0.466 e. The van der Waals surface area contributed by atoms with E-state index in [9.17, 15) is 19.8 Å². The number of carbonyl (C=O) groups is 2. The van der Waals surface area contributed by atoms with Crippen molar-refractivity contribution >= 4 is 11.9 Å². The van der Waals surface area contributed by atoms with Crippen LogP contribution in [-0.2, 0) is 14.3 Å². The van der Waals surface area contributed by atoms with Gasteiger partial charge in [0.05, 0.1) is 25.4 Å². The van der Waals surface area contributed by atoms with Crippen LogP contribution in [0.2, 0.25) is 0 Å². The maximum atomic E-state index is 12.6. The van der Waals surface area contributed by atoms with Gasteiger partial charge in [-0.3, -0.25) is 9.59 Å². The first-order valence-corrected chi connectivity index (χ1v) is 42.8. The molecule has 0 aromatic carbocycles. The molecule has 0 aromatic rings. The number of rotatable bonds is 82. The van der Waals surface area contributed by atoms with Gasteiger partial charge in [-0.25, -0.2) is 0 Å². The van der Waals surface area contributed by atoms with E-state index < -0.39 is 12.1 Å². The normalized spacial score (nSPS) is 12.4. The summed E-state index contributed by atoms with van der Waals surface area (Å²) in [5.74, 6) is 0.00584. The van der Waals surface area contributed by atoms with Crippen molar-refractivity contribution in [1.82, 2.24) is 5.32 Å². The molecule has 0 fully saturated rings. The van der Waals surface area contributed by atoms with Gasteiger partial charge in [0.25, 0.3) is 0 Å². The van der Waals surface area contributed by atoms with Crippen LogP contribution in [0, 0.1) is 0 Å². The number of carbonyl (C=O) groups excluding carboxylic acids is 2. The maximum absolute atomic E-state index is 12.6. The standard InChI is InChI=1S/C85H169NO5/c1-3-5-7-9-11-13-15-17-19-20-21-43-46-50-53-57-61-65-69-73-77-83(88)82(81-87)86-84(89)78-74-70-66-62-58-54-51-47-44-41-39-37-35-33-31-29-27-25-23-22-24-26-28-30-32-34-36-38-40-42-45-48-52-56-60-64-68-72-76-80-91-85(90)79-75-71-67-63-59-55-49-18-16-14-12-10-8-6-4-2/h82-83,87-88H,3-81H2,1-2H3,(H,86,89). The highest BCUT2D eigenvalue weighted by molar-refractivity contribution is 5.76. The fraction of sp³-hybridized carbons (Fsp3) is 0.976. The summed E-state index contributed by atoms with van der Waals surface area (Å²) in [6.07, 6.45) is 102. The lowest BCUT2D eigenvalue weighted by molar-refractivity contribution is -0.143. The number of hydrogen-bond acceptors (Lipinski definition) is 5. The summed E-state index contributed by atoms with van der Waals surface area (Å²) >= 11 is 0. The van der Waals surface area contributed by atoms with Crippen LogP contribution in [0.5, 0.6) is 0 Å². The van der Waals surface area contributed by atoms with Gasteiger partial charge in [-0.15, -0.1) is 0 Å². The zero-order valence-corrected chi connectivity index (χ0v) is 62.6. The number of esters is 1. The Kier molecular flexibility index (Phi) is 80.3. The van der Waals surface area contributed by atoms with Gasteiger partial charge < -0.3 is 20.3 Å². The minimum absolute atomic E-state index is 0.0227. The molecule has 0 aliphatic heterocycles. The molecule has 0 saturated heterocycles. The van der Waals surface area contributed by atoms with E-state index >= 15 is 0 Å². The Morgan fingerprint density at radius 2 is 0.451 bits per heavy atom. The summed E-state index contributed by atoms with van der Waals surface area (Å²) in [5.41, 5.74) is 0. The molecule has 0 radical (unpaired) electrons. The number of aliphatic hydroxyl groups is 2. The van der Waals surface area contributed by atoms with Crippen LogP contribution >= 0.6 is 0 Å². The van der Waals surface area contributed by atoms with Gasteiger partial charge in [0.15, 0.2) is 0 Å². The van der Waals surface area contributed by atoms with Crippen molar-refractivity contribution in [3.63, 3.8) is 0 Å². The molecule has 0 aromatic heterocycles. The molecule has 0 aliphatic rings. The first kappa shape index (κ1) is 89.9. The Morgan fingerprint density at radius 1 is 0.264 bits per heavy atom. The molecule has 3 N–H and O–H groups in total. The topological polar surface area (TPSA) is 95.9 Å². The molecule has 6 heteroatoms. The van der Waals surface area contributed by atoms with Gasteiger partial charge in [0.1, 0.15) is 0 Å². The number of unbranched alkanes of at least 4 members (excludes halogenated alkanes) is 71. The fourth-order valence-electron chi connectivity index (χ4n) is 14.2. The molecular formula is C85H169NO5. The van der Waals surface area contributed by atoms with Crippen LogP contribution in [0.15, 0.2) is 0 Å². The van der Waals surface area contributed by atoms with Gasteiger partial charge in [-0.2, -0.15) is 0 Å². The van der Waals surface area contributed by atoms with E-state index in [4.69, 9.17) is 4.74 Å². The minimum Gasteiger partial charge on any atom is -0.466 e. The van der Waals surface area contributed by atoms with Gasteiger partial charge in [-0.05, 0) is 25.7 Å². The molecule has 1 amide bonds. The third-order valence-corrected chi connectivity index (χ3v) is 20.7. The first-order valence-electron chi connectivity index (χ1n) is 42.8. The van der Waals surface area contributed by atoms with Crippen molar-refractivity contribution in [2.45, 2.75) is 520 Å². The van der Waals surface area contributed by atoms with Crippen LogP contribution in [0.3, 0.4) is 0 Å². The Hall–Kier alpha value is -1.14. The van der Waals surface area contributed by atoms with Gasteiger partial charge in [-0.1, -0.05) is 470 Å². The number of aliphatic hydroxyl groups excluding tert-OH is 2. The molecular weight excluding hydrogens is 1110 g/mol. The average molecular weight is 1290 g/mol. The summed E-state index contributed by atoms with van der Waals surface area (Å²) in [4.78, 5) is 24.7. The van der Waals surface area contributed by atoms with Crippen LogP contribution < -0.4 is 5.32 Å². The predicted molar refractivity (Wildman–Crippen MR) is 403 cm³/mol. The Morgan fingerprint density at radius 3 is 0.670 bits per heavy atom. The molecule has 544 valence electrons. The van der Waals surface area contributed by atoms with E-state index in [2.05, 4.69) is 19.2 Å². The second-order valence-corrected chi connectivity index (χ2v) is 29.9. The maximum Gasteiger partial charge on any atom is 0.305 e. The van der Waals surface area contributed by atoms with E-state index in [1.165, 1.54) is 437 Å². The summed E-state index contributed by atoms with van der Waals surface area (Å²) < 4.78 is 5.51. The van der Waals surface area contributed by atoms with Crippen molar-refractivity contribution in [2.75, 3.05) is 13.2 Å². The highest BCUT2D eigenvalue weighted by atomic mass is 16.5. The second kappa shape index (κ2) is 81.3. The minimum atomic E-state index is -0.660. The van der Waals surface area contributed by atoms with Crippen molar-refractivity contribution in [3.8, 4) is 0 Å². The van der Waals surface area contributed by atoms with E-state index in [1.54, 1.807) is 0 Å². The number of nitrogens with one attached hydrogen (secondary N) is 1. The lowest BCUT2D eigenvalue weighted by atomic mass is 10.0. The zero-order chi connectivity index (χ0) is 65.6. The number of amides is 1. The van der Waals surface area contributed by atoms with E-state index in [1.807, 2.05) is 0 Å². The Labute approximate surface area is 572 Å². The molecule has 0 bridgehead atoms. The smallest absolute Gasteiger partial charge is 0.305 e. The average Bonchev–Trinajstić information content (AvgIpc) is 3.63. The lowest BCUT2D eigenvalue weighted by Crippen LogP contribution is -2.45. The molecule has 0 rings (SSSR count). The van der Waals surface area contributed by atoms with E-state index in [0.717, 1.165) is 38.5 Å². The summed E-state index contributed by atoms with van der Waals surface area (Å²) in [7, 11) is 0. The van der Waals surface area contributed by atoms with Gasteiger partial charge >= 0.3 is 5.97 Å². The molecule has 2 unspecified atom stereocenters. The quantitative estimate of drug-likeness (QED) is 0.0417. The highest BCUT2D eigenvalue weighted by Gasteiger charge is 2.20. The molecule has 6 nitrogen and oxygen atoms in total. The van der Waals surface area contributed by atoms with E-state index in [0.29, 0.717) is 25.9 Å². The molecule has 0 saturated carbocycles. The molecule has 0 aliphatic carbocycles. The zero-order valence-electron chi connectivity index (χ0n) is 62.6. The highest BCUT2D eigenvalue weighted by Crippen LogP contribution is 2.21. The van der Waals surface area contributed by atoms with Crippen LogP contribution in [0.1, 0.15) is 508 Å². The lowest BCUT2D eigenvalue weighted by Gasteiger charge is -2.22. The molecule has 2 atom stereocenters. The third-order valence-electron chi connectivity index (χ3n) is 20.7. The van der Waals surface area contributed by atoms with Crippen molar-refractivity contribution in [1.29, 1.82) is 0 Å². The monoisotopic (exact) mass is 1280 g/mol. The second-order valence-electron chi connectivity index (χ2n) is 29.9. The van der Waals surface area contributed by atoms with Crippen molar-refractivity contribution in [2.24, 2.45) is 0 Å².